The Bertz CT molecular complexity index is 342. The molecule has 1 heterocycles. The minimum atomic E-state index is -0.315. The molecule has 4 heteroatoms. The summed E-state index contributed by atoms with van der Waals surface area (Å²) in [7, 11) is 0. The normalized spacial score (nSPS) is 11.6. The van der Waals surface area contributed by atoms with E-state index < -0.39 is 0 Å². The third-order valence-corrected chi connectivity index (χ3v) is 2.51. The van der Waals surface area contributed by atoms with Crippen molar-refractivity contribution in [3.63, 3.8) is 0 Å². The molecule has 1 aromatic heterocycles. The van der Waals surface area contributed by atoms with Crippen molar-refractivity contribution in [3.05, 3.63) is 21.9 Å². The SMILES string of the molecule is N#CC[C@H](N)c1sccc1C#N. The number of nitrogens with two attached hydrogens (primary N) is 1. The van der Waals surface area contributed by atoms with Gasteiger partial charge >= 0.3 is 0 Å². The lowest BCUT2D eigenvalue weighted by molar-refractivity contribution is 0.762. The maximum atomic E-state index is 8.64. The molecule has 1 rings (SSSR count). The molecule has 0 saturated heterocycles. The van der Waals surface area contributed by atoms with Gasteiger partial charge in [-0.15, -0.1) is 11.3 Å². The minimum absolute atomic E-state index is 0.259. The van der Waals surface area contributed by atoms with Crippen molar-refractivity contribution in [2.45, 2.75) is 12.5 Å². The first-order chi connectivity index (χ1) is 5.79. The molecule has 0 aliphatic rings. The van der Waals surface area contributed by atoms with Crippen LogP contribution >= 0.6 is 11.3 Å². The average Bonchev–Trinajstić information content (AvgIpc) is 2.51. The van der Waals surface area contributed by atoms with E-state index >= 15 is 0 Å². The molecule has 0 spiro atoms. The number of thiophene rings is 1. The minimum Gasteiger partial charge on any atom is -0.322 e. The first-order valence-corrected chi connectivity index (χ1v) is 4.27. The van der Waals surface area contributed by atoms with Crippen LogP contribution in [-0.4, -0.2) is 0 Å². The van der Waals surface area contributed by atoms with E-state index in [1.54, 1.807) is 6.07 Å². The van der Waals surface area contributed by atoms with Gasteiger partial charge in [-0.3, -0.25) is 0 Å². The summed E-state index contributed by atoms with van der Waals surface area (Å²) in [6.07, 6.45) is 0.259. The second kappa shape index (κ2) is 3.87. The van der Waals surface area contributed by atoms with E-state index in [1.807, 2.05) is 17.5 Å². The Balaban J connectivity index is 2.89. The van der Waals surface area contributed by atoms with Crippen LogP contribution < -0.4 is 5.73 Å². The molecule has 0 aliphatic heterocycles. The molecule has 0 bridgehead atoms. The van der Waals surface area contributed by atoms with Crippen LogP contribution in [0.25, 0.3) is 0 Å². The lowest BCUT2D eigenvalue weighted by Gasteiger charge is -2.03. The summed E-state index contributed by atoms with van der Waals surface area (Å²) in [6.45, 7) is 0. The van der Waals surface area contributed by atoms with Gasteiger partial charge < -0.3 is 5.73 Å². The molecule has 3 nitrogen and oxygen atoms in total. The zero-order valence-corrected chi connectivity index (χ0v) is 7.14. The van der Waals surface area contributed by atoms with Crippen LogP contribution in [0.15, 0.2) is 11.4 Å². The molecule has 0 fully saturated rings. The molecule has 0 unspecified atom stereocenters. The van der Waals surface area contributed by atoms with Crippen LogP contribution in [-0.2, 0) is 0 Å². The molecular weight excluding hydrogens is 170 g/mol. The summed E-state index contributed by atoms with van der Waals surface area (Å²) in [5.41, 5.74) is 6.25. The zero-order chi connectivity index (χ0) is 8.97. The Hall–Kier alpha value is -1.36. The van der Waals surface area contributed by atoms with Crippen LogP contribution in [0, 0.1) is 22.7 Å². The van der Waals surface area contributed by atoms with Gasteiger partial charge in [-0.2, -0.15) is 10.5 Å². The second-order valence-electron chi connectivity index (χ2n) is 2.28. The molecule has 0 aliphatic carbocycles. The number of nitrogens with zero attached hydrogens (tertiary/aromatic N) is 2. The maximum Gasteiger partial charge on any atom is 0.100 e. The molecule has 12 heavy (non-hydrogen) atoms. The van der Waals surface area contributed by atoms with Crippen LogP contribution in [0.5, 0.6) is 0 Å². The molecular formula is C8H7N3S. The lowest BCUT2D eigenvalue weighted by Crippen LogP contribution is -2.08. The number of nitriles is 2. The van der Waals surface area contributed by atoms with E-state index in [9.17, 15) is 0 Å². The van der Waals surface area contributed by atoms with Gasteiger partial charge in [-0.25, -0.2) is 0 Å². The van der Waals surface area contributed by atoms with Crippen LogP contribution in [0.4, 0.5) is 0 Å². The molecule has 1 aromatic rings. The zero-order valence-electron chi connectivity index (χ0n) is 6.32. The van der Waals surface area contributed by atoms with Gasteiger partial charge in [0.05, 0.1) is 24.1 Å². The van der Waals surface area contributed by atoms with Crippen molar-refractivity contribution in [3.8, 4) is 12.1 Å². The molecule has 1 atom stereocenters. The van der Waals surface area contributed by atoms with Gasteiger partial charge in [0.1, 0.15) is 6.07 Å². The fraction of sp³-hybridized carbons (Fsp3) is 0.250. The van der Waals surface area contributed by atoms with Gasteiger partial charge in [-0.05, 0) is 11.4 Å². The van der Waals surface area contributed by atoms with E-state index in [0.717, 1.165) is 4.88 Å². The van der Waals surface area contributed by atoms with Crippen LogP contribution in [0.2, 0.25) is 0 Å². The van der Waals surface area contributed by atoms with Gasteiger partial charge in [-0.1, -0.05) is 0 Å². The van der Waals surface area contributed by atoms with Crippen molar-refractivity contribution >= 4 is 11.3 Å². The highest BCUT2D eigenvalue weighted by atomic mass is 32.1. The molecule has 60 valence electrons. The Morgan fingerprint density at radius 3 is 2.92 bits per heavy atom. The summed E-state index contributed by atoms with van der Waals surface area (Å²) in [5.74, 6) is 0. The van der Waals surface area contributed by atoms with Crippen LogP contribution in [0.3, 0.4) is 0 Å². The Kier molecular flexibility index (Phi) is 2.82. The Labute approximate surface area is 74.7 Å². The molecule has 2 N–H and O–H groups in total. The number of hydrogen-bond acceptors (Lipinski definition) is 4. The lowest BCUT2D eigenvalue weighted by atomic mass is 10.1. The van der Waals surface area contributed by atoms with Crippen molar-refractivity contribution in [2.24, 2.45) is 5.73 Å². The van der Waals surface area contributed by atoms with Crippen LogP contribution in [0.1, 0.15) is 22.9 Å². The first-order valence-electron chi connectivity index (χ1n) is 3.39. The second-order valence-corrected chi connectivity index (χ2v) is 3.23. The van der Waals surface area contributed by atoms with E-state index in [0.29, 0.717) is 5.56 Å². The third kappa shape index (κ3) is 1.62. The Morgan fingerprint density at radius 1 is 1.58 bits per heavy atom. The molecule has 0 amide bonds. The summed E-state index contributed by atoms with van der Waals surface area (Å²) in [4.78, 5) is 0.805. The predicted octanol–water partition coefficient (Wildman–Crippen LogP) is 1.53. The summed E-state index contributed by atoms with van der Waals surface area (Å²) in [5, 5.41) is 18.8. The topological polar surface area (TPSA) is 73.6 Å². The van der Waals surface area contributed by atoms with E-state index in [-0.39, 0.29) is 12.5 Å². The first kappa shape index (κ1) is 8.73. The average molecular weight is 177 g/mol. The highest BCUT2D eigenvalue weighted by Gasteiger charge is 2.11. The Morgan fingerprint density at radius 2 is 2.33 bits per heavy atom. The van der Waals surface area contributed by atoms with Gasteiger partial charge in [0.15, 0.2) is 0 Å². The molecule has 0 saturated carbocycles. The largest absolute Gasteiger partial charge is 0.322 e. The summed E-state index contributed by atoms with van der Waals surface area (Å²) in [6, 6.07) is 5.42. The van der Waals surface area contributed by atoms with Gasteiger partial charge in [0.2, 0.25) is 0 Å². The van der Waals surface area contributed by atoms with Gasteiger partial charge in [0.25, 0.3) is 0 Å². The molecule has 0 aromatic carbocycles. The summed E-state index contributed by atoms with van der Waals surface area (Å²) < 4.78 is 0. The quantitative estimate of drug-likeness (QED) is 0.744. The standard InChI is InChI=1S/C8H7N3S/c9-3-1-7(11)8-6(5-10)2-4-12-8/h2,4,7H,1,11H2/t7-/m0/s1. The maximum absolute atomic E-state index is 8.64. The summed E-state index contributed by atoms with van der Waals surface area (Å²) >= 11 is 1.42. The van der Waals surface area contributed by atoms with E-state index in [1.165, 1.54) is 11.3 Å². The third-order valence-electron chi connectivity index (χ3n) is 1.46. The van der Waals surface area contributed by atoms with E-state index in [2.05, 4.69) is 0 Å². The number of hydrogen-bond donors (Lipinski definition) is 1. The predicted molar refractivity (Wildman–Crippen MR) is 46.2 cm³/mol. The molecule has 0 radical (unpaired) electrons. The highest BCUT2D eigenvalue weighted by Crippen LogP contribution is 2.23. The van der Waals surface area contributed by atoms with Crippen molar-refractivity contribution in [1.29, 1.82) is 10.5 Å². The van der Waals surface area contributed by atoms with Crippen molar-refractivity contribution in [1.82, 2.24) is 0 Å². The highest BCUT2D eigenvalue weighted by molar-refractivity contribution is 7.10. The van der Waals surface area contributed by atoms with Crippen molar-refractivity contribution < 1.29 is 0 Å². The van der Waals surface area contributed by atoms with E-state index in [4.69, 9.17) is 16.3 Å². The van der Waals surface area contributed by atoms with Crippen molar-refractivity contribution in [2.75, 3.05) is 0 Å². The van der Waals surface area contributed by atoms with Gasteiger partial charge in [0, 0.05) is 4.88 Å². The smallest absolute Gasteiger partial charge is 0.100 e. The number of rotatable bonds is 2. The fourth-order valence-corrected chi connectivity index (χ4v) is 1.74. The monoisotopic (exact) mass is 177 g/mol. The fourth-order valence-electron chi connectivity index (χ4n) is 0.892.